The highest BCUT2D eigenvalue weighted by molar-refractivity contribution is 5.40. The van der Waals surface area contributed by atoms with Crippen molar-refractivity contribution in [1.82, 2.24) is 0 Å². The van der Waals surface area contributed by atoms with Gasteiger partial charge in [0.2, 0.25) is 0 Å². The average molecular weight is 280 g/mol. The number of nitrogens with two attached hydrogens (primary N) is 1. The Hall–Kier alpha value is -2.31. The monoisotopic (exact) mass is 280 g/mol. The molecular weight excluding hydrogens is 260 g/mol. The quantitative estimate of drug-likeness (QED) is 0.927. The number of benzene rings is 2. The zero-order valence-electron chi connectivity index (χ0n) is 12.7. The third kappa shape index (κ3) is 3.62. The second-order valence-electron chi connectivity index (χ2n) is 5.37. The van der Waals surface area contributed by atoms with E-state index < -0.39 is 0 Å². The lowest BCUT2D eigenvalue weighted by atomic mass is 10.0. The van der Waals surface area contributed by atoms with Crippen LogP contribution in [0.1, 0.15) is 40.8 Å². The summed E-state index contributed by atoms with van der Waals surface area (Å²) in [5, 5.41) is 8.89. The molecule has 108 valence electrons. The van der Waals surface area contributed by atoms with Crippen LogP contribution >= 0.6 is 0 Å². The van der Waals surface area contributed by atoms with Crippen molar-refractivity contribution in [2.24, 2.45) is 5.73 Å². The topological polar surface area (TPSA) is 59.0 Å². The number of rotatable bonds is 4. The Morgan fingerprint density at radius 1 is 1.19 bits per heavy atom. The summed E-state index contributed by atoms with van der Waals surface area (Å²) in [7, 11) is 0. The molecule has 0 amide bonds. The van der Waals surface area contributed by atoms with E-state index in [9.17, 15) is 0 Å². The smallest absolute Gasteiger partial charge is 0.124 e. The molecule has 0 aliphatic heterocycles. The zero-order valence-corrected chi connectivity index (χ0v) is 12.7. The highest BCUT2D eigenvalue weighted by atomic mass is 16.5. The first kappa shape index (κ1) is 15.1. The second kappa shape index (κ2) is 6.43. The van der Waals surface area contributed by atoms with E-state index >= 15 is 0 Å². The number of hydrogen-bond donors (Lipinski definition) is 1. The Balaban J connectivity index is 2.19. The summed E-state index contributed by atoms with van der Waals surface area (Å²) in [5.41, 5.74) is 11.0. The summed E-state index contributed by atoms with van der Waals surface area (Å²) in [6.45, 7) is 6.45. The van der Waals surface area contributed by atoms with Crippen LogP contribution in [-0.2, 0) is 6.61 Å². The lowest BCUT2D eigenvalue weighted by Gasteiger charge is -2.15. The lowest BCUT2D eigenvalue weighted by molar-refractivity contribution is 0.300. The summed E-state index contributed by atoms with van der Waals surface area (Å²) in [6, 6.07) is 13.7. The van der Waals surface area contributed by atoms with E-state index in [2.05, 4.69) is 12.1 Å². The van der Waals surface area contributed by atoms with Crippen molar-refractivity contribution >= 4 is 0 Å². The van der Waals surface area contributed by atoms with Gasteiger partial charge in [-0.2, -0.15) is 5.26 Å². The van der Waals surface area contributed by atoms with E-state index in [-0.39, 0.29) is 6.04 Å². The highest BCUT2D eigenvalue weighted by Crippen LogP contribution is 2.26. The van der Waals surface area contributed by atoms with E-state index in [1.54, 1.807) is 0 Å². The molecule has 0 spiro atoms. The molecule has 2 rings (SSSR count). The molecule has 0 fully saturated rings. The fraction of sp³-hybridized carbons (Fsp3) is 0.278. The van der Waals surface area contributed by atoms with Crippen molar-refractivity contribution in [3.63, 3.8) is 0 Å². The molecule has 0 saturated carbocycles. The van der Waals surface area contributed by atoms with Gasteiger partial charge in [-0.1, -0.05) is 23.8 Å². The summed E-state index contributed by atoms with van der Waals surface area (Å²) in [4.78, 5) is 0. The van der Waals surface area contributed by atoms with Gasteiger partial charge in [-0.3, -0.25) is 0 Å². The van der Waals surface area contributed by atoms with Crippen molar-refractivity contribution in [2.75, 3.05) is 0 Å². The summed E-state index contributed by atoms with van der Waals surface area (Å²) in [5.74, 6) is 0.819. The molecule has 0 aliphatic rings. The van der Waals surface area contributed by atoms with Gasteiger partial charge in [0.25, 0.3) is 0 Å². The zero-order chi connectivity index (χ0) is 15.4. The van der Waals surface area contributed by atoms with Crippen LogP contribution in [-0.4, -0.2) is 0 Å². The Morgan fingerprint density at radius 2 is 1.95 bits per heavy atom. The standard InChI is InChI=1S/C18H20N2O/c1-12-4-7-18(17(8-12)14(3)20)21-11-16-6-5-15(10-19)9-13(16)2/h4-9,14H,11,20H2,1-3H3. The minimum Gasteiger partial charge on any atom is -0.489 e. The predicted octanol–water partition coefficient (Wildman–Crippen LogP) is 3.77. The van der Waals surface area contributed by atoms with Crippen molar-refractivity contribution in [3.05, 3.63) is 64.2 Å². The van der Waals surface area contributed by atoms with Gasteiger partial charge in [0.1, 0.15) is 12.4 Å². The molecule has 0 bridgehead atoms. The molecular formula is C18H20N2O. The van der Waals surface area contributed by atoms with E-state index in [1.165, 1.54) is 5.56 Å². The van der Waals surface area contributed by atoms with E-state index in [0.717, 1.165) is 22.4 Å². The van der Waals surface area contributed by atoms with Crippen LogP contribution < -0.4 is 10.5 Å². The van der Waals surface area contributed by atoms with Crippen LogP contribution in [0.2, 0.25) is 0 Å². The summed E-state index contributed by atoms with van der Waals surface area (Å²) in [6.07, 6.45) is 0. The lowest BCUT2D eigenvalue weighted by Crippen LogP contribution is -2.08. The van der Waals surface area contributed by atoms with Crippen LogP contribution in [0.15, 0.2) is 36.4 Å². The molecule has 0 radical (unpaired) electrons. The van der Waals surface area contributed by atoms with Gasteiger partial charge in [0.15, 0.2) is 0 Å². The maximum Gasteiger partial charge on any atom is 0.124 e. The summed E-state index contributed by atoms with van der Waals surface area (Å²) < 4.78 is 5.93. The van der Waals surface area contributed by atoms with E-state index in [1.807, 2.05) is 51.1 Å². The molecule has 1 atom stereocenters. The normalized spacial score (nSPS) is 11.8. The predicted molar refractivity (Wildman–Crippen MR) is 84.0 cm³/mol. The molecule has 2 aromatic carbocycles. The van der Waals surface area contributed by atoms with Gasteiger partial charge in [0.05, 0.1) is 11.6 Å². The first-order chi connectivity index (χ1) is 10.0. The fourth-order valence-electron chi connectivity index (χ4n) is 2.24. The minimum atomic E-state index is -0.0676. The van der Waals surface area contributed by atoms with E-state index in [4.69, 9.17) is 15.7 Å². The van der Waals surface area contributed by atoms with Gasteiger partial charge in [-0.25, -0.2) is 0 Å². The Morgan fingerprint density at radius 3 is 2.57 bits per heavy atom. The highest BCUT2D eigenvalue weighted by Gasteiger charge is 2.09. The third-order valence-corrected chi connectivity index (χ3v) is 3.51. The van der Waals surface area contributed by atoms with Gasteiger partial charge in [-0.15, -0.1) is 0 Å². The number of ether oxygens (including phenoxy) is 1. The van der Waals surface area contributed by atoms with E-state index in [0.29, 0.717) is 12.2 Å². The average Bonchev–Trinajstić information content (AvgIpc) is 2.46. The van der Waals surface area contributed by atoms with Crippen molar-refractivity contribution in [3.8, 4) is 11.8 Å². The number of hydrogen-bond acceptors (Lipinski definition) is 3. The SMILES string of the molecule is Cc1ccc(OCc2ccc(C#N)cc2C)c(C(C)N)c1. The molecule has 3 nitrogen and oxygen atoms in total. The molecule has 2 aromatic rings. The molecule has 21 heavy (non-hydrogen) atoms. The second-order valence-corrected chi connectivity index (χ2v) is 5.37. The molecule has 0 heterocycles. The van der Waals surface area contributed by atoms with Gasteiger partial charge < -0.3 is 10.5 Å². The van der Waals surface area contributed by atoms with Crippen molar-refractivity contribution < 1.29 is 4.74 Å². The molecule has 0 saturated heterocycles. The maximum atomic E-state index is 8.89. The van der Waals surface area contributed by atoms with Crippen LogP contribution in [0.25, 0.3) is 0 Å². The fourth-order valence-corrected chi connectivity index (χ4v) is 2.24. The number of nitriles is 1. The molecule has 3 heteroatoms. The van der Waals surface area contributed by atoms with Crippen molar-refractivity contribution in [2.45, 2.75) is 33.4 Å². The van der Waals surface area contributed by atoms with Gasteiger partial charge in [0, 0.05) is 11.6 Å². The largest absolute Gasteiger partial charge is 0.489 e. The molecule has 0 aromatic heterocycles. The van der Waals surface area contributed by atoms with Gasteiger partial charge in [-0.05, 0) is 50.1 Å². The van der Waals surface area contributed by atoms with Crippen LogP contribution in [0.5, 0.6) is 5.75 Å². The Labute approximate surface area is 126 Å². The first-order valence-electron chi connectivity index (χ1n) is 7.00. The minimum absolute atomic E-state index is 0.0676. The molecule has 0 aliphatic carbocycles. The Bertz CT molecular complexity index is 684. The van der Waals surface area contributed by atoms with Gasteiger partial charge >= 0.3 is 0 Å². The number of aryl methyl sites for hydroxylation is 2. The van der Waals surface area contributed by atoms with Crippen molar-refractivity contribution in [1.29, 1.82) is 5.26 Å². The molecule has 1 unspecified atom stereocenters. The molecule has 2 N–H and O–H groups in total. The third-order valence-electron chi connectivity index (χ3n) is 3.51. The first-order valence-corrected chi connectivity index (χ1v) is 7.00. The number of nitrogens with zero attached hydrogens (tertiary/aromatic N) is 1. The Kier molecular flexibility index (Phi) is 4.62. The van der Waals surface area contributed by atoms with Crippen LogP contribution in [0.3, 0.4) is 0 Å². The van der Waals surface area contributed by atoms with Crippen LogP contribution in [0, 0.1) is 25.2 Å². The summed E-state index contributed by atoms with van der Waals surface area (Å²) >= 11 is 0. The maximum absolute atomic E-state index is 8.89. The van der Waals surface area contributed by atoms with Crippen LogP contribution in [0.4, 0.5) is 0 Å².